The molecule has 13 heteroatoms. The van der Waals surface area contributed by atoms with Gasteiger partial charge in [-0.3, -0.25) is 30.2 Å². The summed E-state index contributed by atoms with van der Waals surface area (Å²) >= 11 is 0. The molecule has 0 spiro atoms. The molecule has 2 aromatic rings. The van der Waals surface area contributed by atoms with Crippen LogP contribution in [0.4, 0.5) is 21.5 Å². The molecule has 0 atom stereocenters. The minimum atomic E-state index is -4.07. The van der Waals surface area contributed by atoms with E-state index in [0.29, 0.717) is 0 Å². The zero-order chi connectivity index (χ0) is 20.9. The van der Waals surface area contributed by atoms with E-state index in [-0.39, 0.29) is 11.3 Å². The van der Waals surface area contributed by atoms with E-state index in [4.69, 9.17) is 9.05 Å². The summed E-state index contributed by atoms with van der Waals surface area (Å²) in [7, 11) is -1.94. The SMILES string of the molecule is COP(=O)(OC)/C(=N\Nc1ccc([N+](=O)[O-])cc1[N+](=O)[O-])c1ccccc1F. The molecule has 11 nitrogen and oxygen atoms in total. The smallest absolute Gasteiger partial charge is 0.307 e. The highest BCUT2D eigenvalue weighted by molar-refractivity contribution is 7.73. The largest absolute Gasteiger partial charge is 0.381 e. The fraction of sp³-hybridized carbons (Fsp3) is 0.133. The van der Waals surface area contributed by atoms with Gasteiger partial charge in [-0.05, 0) is 18.2 Å². The van der Waals surface area contributed by atoms with Gasteiger partial charge in [0, 0.05) is 25.8 Å². The Balaban J connectivity index is 2.58. The molecule has 28 heavy (non-hydrogen) atoms. The zero-order valence-electron chi connectivity index (χ0n) is 14.6. The second kappa shape index (κ2) is 8.65. The molecule has 0 fully saturated rings. The summed E-state index contributed by atoms with van der Waals surface area (Å²) in [5, 5.41) is 25.8. The van der Waals surface area contributed by atoms with E-state index in [1.807, 2.05) is 0 Å². The number of nitrogens with zero attached hydrogens (tertiary/aromatic N) is 3. The lowest BCUT2D eigenvalue weighted by molar-refractivity contribution is -0.393. The number of hydrazone groups is 1. The number of anilines is 1. The van der Waals surface area contributed by atoms with E-state index in [0.717, 1.165) is 38.5 Å². The van der Waals surface area contributed by atoms with Gasteiger partial charge in [0.2, 0.25) is 0 Å². The third-order valence-corrected chi connectivity index (χ3v) is 5.35. The minimum absolute atomic E-state index is 0.216. The molecule has 0 aliphatic carbocycles. The Morgan fingerprint density at radius 2 is 1.75 bits per heavy atom. The number of nitro groups is 2. The minimum Gasteiger partial charge on any atom is -0.307 e. The van der Waals surface area contributed by atoms with E-state index in [1.54, 1.807) is 0 Å². The number of non-ortho nitro benzene ring substituents is 1. The zero-order valence-corrected chi connectivity index (χ0v) is 15.5. The first-order valence-electron chi connectivity index (χ1n) is 7.47. The van der Waals surface area contributed by atoms with Crippen molar-refractivity contribution in [3.05, 3.63) is 74.1 Å². The lowest BCUT2D eigenvalue weighted by Crippen LogP contribution is -2.11. The van der Waals surface area contributed by atoms with Crippen LogP contribution in [-0.2, 0) is 13.6 Å². The fourth-order valence-electron chi connectivity index (χ4n) is 2.15. The van der Waals surface area contributed by atoms with Crippen molar-refractivity contribution in [2.24, 2.45) is 5.10 Å². The molecule has 0 aliphatic rings. The molecule has 0 unspecified atom stereocenters. The van der Waals surface area contributed by atoms with Crippen LogP contribution in [0.25, 0.3) is 0 Å². The summed E-state index contributed by atoms with van der Waals surface area (Å²) < 4.78 is 36.7. The number of nitro benzene ring substituents is 2. The molecule has 0 heterocycles. The van der Waals surface area contributed by atoms with Crippen LogP contribution in [0.5, 0.6) is 0 Å². The Bertz CT molecular complexity index is 990. The number of hydrogen-bond donors (Lipinski definition) is 1. The van der Waals surface area contributed by atoms with Crippen LogP contribution in [0.2, 0.25) is 0 Å². The van der Waals surface area contributed by atoms with Crippen LogP contribution >= 0.6 is 7.60 Å². The summed E-state index contributed by atoms with van der Waals surface area (Å²) in [6.07, 6.45) is 0. The van der Waals surface area contributed by atoms with Crippen LogP contribution in [0.1, 0.15) is 5.56 Å². The molecule has 0 saturated carbocycles. The van der Waals surface area contributed by atoms with Crippen LogP contribution in [-0.4, -0.2) is 29.5 Å². The number of halogens is 1. The highest BCUT2D eigenvalue weighted by Crippen LogP contribution is 2.50. The Labute approximate surface area is 157 Å². The molecule has 0 aromatic heterocycles. The lowest BCUT2D eigenvalue weighted by Gasteiger charge is -2.16. The van der Waals surface area contributed by atoms with E-state index < -0.39 is 40.1 Å². The molecule has 2 rings (SSSR count). The molecule has 0 saturated heterocycles. The first kappa shape index (κ1) is 21.1. The second-order valence-electron chi connectivity index (χ2n) is 5.11. The second-order valence-corrected chi connectivity index (χ2v) is 7.25. The van der Waals surface area contributed by atoms with E-state index in [2.05, 4.69) is 10.5 Å². The van der Waals surface area contributed by atoms with Crippen molar-refractivity contribution in [3.63, 3.8) is 0 Å². The summed E-state index contributed by atoms with van der Waals surface area (Å²) in [6, 6.07) is 8.00. The maximum absolute atomic E-state index is 14.2. The predicted molar refractivity (Wildman–Crippen MR) is 97.9 cm³/mol. The van der Waals surface area contributed by atoms with Crippen molar-refractivity contribution in [1.82, 2.24) is 0 Å². The number of rotatable bonds is 8. The Morgan fingerprint density at radius 3 is 2.29 bits per heavy atom. The van der Waals surface area contributed by atoms with Crippen molar-refractivity contribution < 1.29 is 27.8 Å². The summed E-state index contributed by atoms with van der Waals surface area (Å²) in [5.74, 6) is -0.782. The number of nitrogens with one attached hydrogen (secondary N) is 1. The molecule has 2 aromatic carbocycles. The standard InChI is InChI=1S/C15H14FN4O7P/c1-26-28(25,27-2)15(11-5-3-4-6-12(11)16)18-17-13-8-7-10(19(21)22)9-14(13)20(23)24/h3-9,17H,1-2H3/b18-15-. The van der Waals surface area contributed by atoms with Crippen molar-refractivity contribution >= 4 is 30.1 Å². The van der Waals surface area contributed by atoms with Crippen molar-refractivity contribution in [2.75, 3.05) is 19.6 Å². The van der Waals surface area contributed by atoms with E-state index >= 15 is 0 Å². The highest BCUT2D eigenvalue weighted by Gasteiger charge is 2.33. The summed E-state index contributed by atoms with van der Waals surface area (Å²) in [4.78, 5) is 20.4. The quantitative estimate of drug-likeness (QED) is 0.297. The summed E-state index contributed by atoms with van der Waals surface area (Å²) in [5.41, 5.74) is 0.192. The van der Waals surface area contributed by atoms with Crippen LogP contribution in [0.3, 0.4) is 0 Å². The van der Waals surface area contributed by atoms with Gasteiger partial charge in [-0.15, -0.1) is 0 Å². The van der Waals surface area contributed by atoms with Gasteiger partial charge in [0.15, 0.2) is 5.45 Å². The monoisotopic (exact) mass is 412 g/mol. The van der Waals surface area contributed by atoms with Gasteiger partial charge >= 0.3 is 13.3 Å². The maximum atomic E-state index is 14.2. The number of benzene rings is 2. The first-order chi connectivity index (χ1) is 13.2. The average Bonchev–Trinajstić information content (AvgIpc) is 2.68. The Kier molecular flexibility index (Phi) is 6.52. The van der Waals surface area contributed by atoms with Crippen molar-refractivity contribution in [3.8, 4) is 0 Å². The van der Waals surface area contributed by atoms with Gasteiger partial charge in [0.25, 0.3) is 5.69 Å². The predicted octanol–water partition coefficient (Wildman–Crippen LogP) is 3.90. The highest BCUT2D eigenvalue weighted by atomic mass is 31.2. The maximum Gasteiger partial charge on any atom is 0.381 e. The topological polar surface area (TPSA) is 146 Å². The van der Waals surface area contributed by atoms with Gasteiger partial charge in [-0.25, -0.2) is 4.39 Å². The molecule has 0 amide bonds. The fourth-order valence-corrected chi connectivity index (χ4v) is 3.30. The average molecular weight is 412 g/mol. The third-order valence-electron chi connectivity index (χ3n) is 3.53. The van der Waals surface area contributed by atoms with Crippen LogP contribution < -0.4 is 5.43 Å². The molecule has 0 radical (unpaired) electrons. The molecule has 0 bridgehead atoms. The van der Waals surface area contributed by atoms with Gasteiger partial charge in [-0.2, -0.15) is 5.10 Å². The molecular formula is C15H14FN4O7P. The van der Waals surface area contributed by atoms with Crippen LogP contribution in [0.15, 0.2) is 47.6 Å². The third kappa shape index (κ3) is 4.36. The molecule has 1 N–H and O–H groups in total. The normalized spacial score (nSPS) is 11.9. The van der Waals surface area contributed by atoms with Gasteiger partial charge < -0.3 is 9.05 Å². The van der Waals surface area contributed by atoms with Crippen molar-refractivity contribution in [1.29, 1.82) is 0 Å². The summed E-state index contributed by atoms with van der Waals surface area (Å²) in [6.45, 7) is 0. The van der Waals surface area contributed by atoms with Gasteiger partial charge in [-0.1, -0.05) is 12.1 Å². The molecule has 0 aliphatic heterocycles. The van der Waals surface area contributed by atoms with Crippen LogP contribution in [0, 0.1) is 26.0 Å². The van der Waals surface area contributed by atoms with Gasteiger partial charge in [0.1, 0.15) is 11.5 Å². The van der Waals surface area contributed by atoms with E-state index in [1.165, 1.54) is 18.2 Å². The van der Waals surface area contributed by atoms with Crippen molar-refractivity contribution in [2.45, 2.75) is 0 Å². The van der Waals surface area contributed by atoms with E-state index in [9.17, 15) is 29.2 Å². The first-order valence-corrected chi connectivity index (χ1v) is 9.01. The lowest BCUT2D eigenvalue weighted by atomic mass is 10.2. The number of hydrogen-bond acceptors (Lipinski definition) is 9. The molecule has 148 valence electrons. The Hall–Kier alpha value is -3.21. The Morgan fingerprint density at radius 1 is 1.11 bits per heavy atom. The molecular weight excluding hydrogens is 398 g/mol. The van der Waals surface area contributed by atoms with Gasteiger partial charge in [0.05, 0.1) is 15.9 Å².